The molecule has 3 rings (SSSR count). The maximum atomic E-state index is 6.36. The van der Waals surface area contributed by atoms with Crippen molar-refractivity contribution < 1.29 is 14.2 Å². The van der Waals surface area contributed by atoms with Crippen molar-refractivity contribution in [1.29, 1.82) is 0 Å². The molecule has 3 saturated heterocycles. The van der Waals surface area contributed by atoms with Crippen LogP contribution < -0.4 is 0 Å². The highest BCUT2D eigenvalue weighted by molar-refractivity contribution is 5.16. The van der Waals surface area contributed by atoms with E-state index in [1.165, 1.54) is 44.6 Å². The summed E-state index contributed by atoms with van der Waals surface area (Å²) in [7, 11) is 0. The summed E-state index contributed by atoms with van der Waals surface area (Å²) in [6.45, 7) is 4.83. The van der Waals surface area contributed by atoms with Gasteiger partial charge in [-0.15, -0.1) is 0 Å². The van der Waals surface area contributed by atoms with Gasteiger partial charge in [0.05, 0.1) is 5.60 Å². The van der Waals surface area contributed by atoms with Gasteiger partial charge in [-0.05, 0) is 64.7 Å². The zero-order chi connectivity index (χ0) is 13.2. The predicted molar refractivity (Wildman–Crippen MR) is 73.8 cm³/mol. The van der Waals surface area contributed by atoms with Gasteiger partial charge >= 0.3 is 0 Å². The molecule has 0 bridgehead atoms. The molecule has 19 heavy (non-hydrogen) atoms. The van der Waals surface area contributed by atoms with Crippen molar-refractivity contribution in [3.05, 3.63) is 6.10 Å². The van der Waals surface area contributed by atoms with Gasteiger partial charge < -0.3 is 14.2 Å². The van der Waals surface area contributed by atoms with Crippen LogP contribution in [0.4, 0.5) is 0 Å². The monoisotopic (exact) mass is 267 g/mol. The Bertz CT molecular complexity index is 284. The molecule has 3 heteroatoms. The fourth-order valence-electron chi connectivity index (χ4n) is 3.95. The lowest BCUT2D eigenvalue weighted by atomic mass is 9.70. The fourth-order valence-corrected chi connectivity index (χ4v) is 3.95. The van der Waals surface area contributed by atoms with Crippen LogP contribution in [0.1, 0.15) is 64.7 Å². The second-order valence-corrected chi connectivity index (χ2v) is 6.40. The van der Waals surface area contributed by atoms with E-state index in [4.69, 9.17) is 14.2 Å². The van der Waals surface area contributed by atoms with Crippen LogP contribution >= 0.6 is 0 Å². The molecule has 109 valence electrons. The van der Waals surface area contributed by atoms with Gasteiger partial charge in [0.25, 0.3) is 0 Å². The van der Waals surface area contributed by atoms with Crippen LogP contribution in [-0.4, -0.2) is 31.0 Å². The van der Waals surface area contributed by atoms with E-state index in [1.807, 2.05) is 0 Å². The molecule has 0 N–H and O–H groups in total. The van der Waals surface area contributed by atoms with Crippen LogP contribution in [0.5, 0.6) is 0 Å². The number of hydrogen-bond donors (Lipinski definition) is 0. The Morgan fingerprint density at radius 3 is 2.11 bits per heavy atom. The van der Waals surface area contributed by atoms with E-state index in [0.29, 0.717) is 0 Å². The summed E-state index contributed by atoms with van der Waals surface area (Å²) in [6.07, 6.45) is 11.6. The molecule has 2 atom stereocenters. The van der Waals surface area contributed by atoms with Crippen molar-refractivity contribution in [2.75, 3.05) is 19.8 Å². The maximum Gasteiger partial charge on any atom is 0.132 e. The molecule has 0 amide bonds. The van der Waals surface area contributed by atoms with E-state index in [-0.39, 0.29) is 11.2 Å². The van der Waals surface area contributed by atoms with E-state index in [1.54, 1.807) is 0 Å². The Labute approximate surface area is 117 Å². The highest BCUT2D eigenvalue weighted by Gasteiger charge is 2.57. The molecule has 0 aromatic rings. The summed E-state index contributed by atoms with van der Waals surface area (Å²) in [5, 5.41) is 0. The van der Waals surface area contributed by atoms with Crippen LogP contribution in [0.15, 0.2) is 0 Å². The molecule has 0 aromatic carbocycles. The van der Waals surface area contributed by atoms with Crippen LogP contribution in [0.25, 0.3) is 0 Å². The lowest BCUT2D eigenvalue weighted by Gasteiger charge is -2.55. The number of hydrogen-bond acceptors (Lipinski definition) is 3. The SMILES string of the molecule is CC1(C2([C]3CCCCO3)CCCCO2)CCCCO1. The summed E-state index contributed by atoms with van der Waals surface area (Å²) in [5.74, 6) is 0. The van der Waals surface area contributed by atoms with Gasteiger partial charge in [0.1, 0.15) is 11.7 Å². The van der Waals surface area contributed by atoms with Crippen molar-refractivity contribution in [3.8, 4) is 0 Å². The molecule has 2 unspecified atom stereocenters. The van der Waals surface area contributed by atoms with Crippen LogP contribution in [0.3, 0.4) is 0 Å². The first kappa shape index (κ1) is 13.8. The van der Waals surface area contributed by atoms with Gasteiger partial charge in [0.2, 0.25) is 0 Å². The van der Waals surface area contributed by atoms with Crippen molar-refractivity contribution in [2.24, 2.45) is 0 Å². The van der Waals surface area contributed by atoms with Crippen LogP contribution in [0.2, 0.25) is 0 Å². The molecule has 0 aliphatic carbocycles. The van der Waals surface area contributed by atoms with E-state index >= 15 is 0 Å². The summed E-state index contributed by atoms with van der Waals surface area (Å²) in [5.41, 5.74) is -0.454. The van der Waals surface area contributed by atoms with Crippen molar-refractivity contribution in [3.63, 3.8) is 0 Å². The number of rotatable bonds is 2. The first-order chi connectivity index (χ1) is 9.27. The van der Waals surface area contributed by atoms with Gasteiger partial charge in [0, 0.05) is 19.8 Å². The lowest BCUT2D eigenvalue weighted by Crippen LogP contribution is -2.62. The standard InChI is InChI=1S/C16H27O3/c1-15(9-3-6-12-18-15)16(10-4-7-13-19-16)14-8-2-5-11-17-14/h2-13H2,1H3. The first-order valence-electron chi connectivity index (χ1n) is 8.04. The third-order valence-corrected chi connectivity index (χ3v) is 5.12. The lowest BCUT2D eigenvalue weighted by molar-refractivity contribution is -0.249. The van der Waals surface area contributed by atoms with Crippen LogP contribution in [0, 0.1) is 6.10 Å². The van der Waals surface area contributed by atoms with Crippen molar-refractivity contribution in [2.45, 2.75) is 75.9 Å². The normalized spacial score (nSPS) is 42.2. The maximum absolute atomic E-state index is 6.36. The minimum absolute atomic E-state index is 0.182. The van der Waals surface area contributed by atoms with E-state index in [9.17, 15) is 0 Å². The first-order valence-corrected chi connectivity index (χ1v) is 8.04. The minimum Gasteiger partial charge on any atom is -0.372 e. The molecular formula is C16H27O3. The molecule has 0 spiro atoms. The van der Waals surface area contributed by atoms with Gasteiger partial charge in [0.15, 0.2) is 0 Å². The molecule has 3 aliphatic rings. The molecule has 3 heterocycles. The Balaban J connectivity index is 1.86. The Kier molecular flexibility index (Phi) is 4.16. The summed E-state index contributed by atoms with van der Waals surface area (Å²) in [6, 6.07) is 0. The Hall–Kier alpha value is -0.120. The van der Waals surface area contributed by atoms with Gasteiger partial charge in [-0.1, -0.05) is 0 Å². The quantitative estimate of drug-likeness (QED) is 0.765. The smallest absolute Gasteiger partial charge is 0.132 e. The van der Waals surface area contributed by atoms with E-state index in [0.717, 1.165) is 39.1 Å². The summed E-state index contributed by atoms with van der Waals surface area (Å²) in [4.78, 5) is 0. The third-order valence-electron chi connectivity index (χ3n) is 5.12. The highest BCUT2D eigenvalue weighted by atomic mass is 16.6. The molecule has 0 saturated carbocycles. The van der Waals surface area contributed by atoms with Crippen molar-refractivity contribution >= 4 is 0 Å². The Morgan fingerprint density at radius 2 is 1.53 bits per heavy atom. The van der Waals surface area contributed by atoms with Gasteiger partial charge in [-0.2, -0.15) is 0 Å². The minimum atomic E-state index is -0.272. The number of ether oxygens (including phenoxy) is 3. The van der Waals surface area contributed by atoms with E-state index < -0.39 is 0 Å². The van der Waals surface area contributed by atoms with Gasteiger partial charge in [-0.25, -0.2) is 0 Å². The molecule has 0 aromatic heterocycles. The van der Waals surface area contributed by atoms with E-state index in [2.05, 4.69) is 6.92 Å². The third kappa shape index (κ3) is 2.45. The molecule has 3 aliphatic heterocycles. The highest BCUT2D eigenvalue weighted by Crippen LogP contribution is 2.50. The van der Waals surface area contributed by atoms with Crippen molar-refractivity contribution in [1.82, 2.24) is 0 Å². The molecule has 1 radical (unpaired) electrons. The summed E-state index contributed by atoms with van der Waals surface area (Å²) >= 11 is 0. The molecular weight excluding hydrogens is 240 g/mol. The topological polar surface area (TPSA) is 27.7 Å². The Morgan fingerprint density at radius 1 is 0.789 bits per heavy atom. The predicted octanol–water partition coefficient (Wildman–Crippen LogP) is 3.62. The van der Waals surface area contributed by atoms with Gasteiger partial charge in [-0.3, -0.25) is 0 Å². The largest absolute Gasteiger partial charge is 0.372 e. The second kappa shape index (κ2) is 5.71. The summed E-state index contributed by atoms with van der Waals surface area (Å²) < 4.78 is 18.6. The second-order valence-electron chi connectivity index (χ2n) is 6.40. The zero-order valence-electron chi connectivity index (χ0n) is 12.2. The van der Waals surface area contributed by atoms with Crippen LogP contribution in [-0.2, 0) is 14.2 Å². The fraction of sp³-hybridized carbons (Fsp3) is 0.938. The average molecular weight is 267 g/mol. The molecule has 3 fully saturated rings. The average Bonchev–Trinajstić information content (AvgIpc) is 2.49. The molecule has 3 nitrogen and oxygen atoms in total. The zero-order valence-corrected chi connectivity index (χ0v) is 12.2.